The molecule has 20 heavy (non-hydrogen) atoms. The topological polar surface area (TPSA) is 56.1 Å². The van der Waals surface area contributed by atoms with Crippen LogP contribution < -0.4 is 10.2 Å². The molecule has 5 heteroatoms. The molecule has 1 aliphatic heterocycles. The fourth-order valence-electron chi connectivity index (χ4n) is 2.56. The number of nitriles is 1. The first kappa shape index (κ1) is 14.7. The summed E-state index contributed by atoms with van der Waals surface area (Å²) in [7, 11) is 0. The van der Waals surface area contributed by atoms with Crippen molar-refractivity contribution in [1.82, 2.24) is 5.32 Å². The molecule has 1 aromatic carbocycles. The van der Waals surface area contributed by atoms with Crippen molar-refractivity contribution in [2.45, 2.75) is 31.2 Å². The molecule has 1 unspecified atom stereocenters. The zero-order valence-corrected chi connectivity index (χ0v) is 12.7. The minimum atomic E-state index is -0.183. The van der Waals surface area contributed by atoms with E-state index in [-0.39, 0.29) is 11.9 Å². The van der Waals surface area contributed by atoms with Crippen molar-refractivity contribution < 1.29 is 4.79 Å². The third kappa shape index (κ3) is 2.75. The molecule has 0 aliphatic carbocycles. The number of nitrogens with one attached hydrogen (secondary N) is 1. The molecule has 1 atom stereocenters. The Balaban J connectivity index is 2.43. The minimum Gasteiger partial charge on any atom is -0.357 e. The SMILES string of the molecule is CCSc1cccc(N2CCNC(=O)C2CC)c1C#N. The molecule has 2 rings (SSSR count). The number of hydrogen-bond donors (Lipinski definition) is 1. The van der Waals surface area contributed by atoms with Gasteiger partial charge in [0.15, 0.2) is 0 Å². The number of anilines is 1. The van der Waals surface area contributed by atoms with Crippen LogP contribution in [0.1, 0.15) is 25.8 Å². The standard InChI is InChI=1S/C15H19N3OS/c1-3-12-15(19)17-8-9-18(12)13-6-5-7-14(20-4-2)11(13)10-16/h5-7,12H,3-4,8-9H2,1-2H3,(H,17,19). The average molecular weight is 289 g/mol. The Labute approximate surface area is 124 Å². The van der Waals surface area contributed by atoms with Gasteiger partial charge in [-0.3, -0.25) is 4.79 Å². The fraction of sp³-hybridized carbons (Fsp3) is 0.467. The summed E-state index contributed by atoms with van der Waals surface area (Å²) in [6, 6.07) is 8.01. The summed E-state index contributed by atoms with van der Waals surface area (Å²) in [6.07, 6.45) is 0.738. The molecule has 0 aromatic heterocycles. The molecule has 0 saturated carbocycles. The lowest BCUT2D eigenvalue weighted by Gasteiger charge is -2.37. The Morgan fingerprint density at radius 3 is 2.95 bits per heavy atom. The quantitative estimate of drug-likeness (QED) is 0.865. The van der Waals surface area contributed by atoms with Crippen molar-refractivity contribution in [3.63, 3.8) is 0 Å². The minimum absolute atomic E-state index is 0.0520. The molecule has 0 radical (unpaired) electrons. The summed E-state index contributed by atoms with van der Waals surface area (Å²) >= 11 is 1.66. The van der Waals surface area contributed by atoms with Gasteiger partial charge in [0.1, 0.15) is 12.1 Å². The van der Waals surface area contributed by atoms with E-state index in [9.17, 15) is 10.1 Å². The third-order valence-electron chi connectivity index (χ3n) is 3.44. The van der Waals surface area contributed by atoms with Gasteiger partial charge in [0.2, 0.25) is 5.91 Å². The number of nitrogens with zero attached hydrogens (tertiary/aromatic N) is 2. The van der Waals surface area contributed by atoms with E-state index in [1.807, 2.05) is 25.1 Å². The van der Waals surface area contributed by atoms with E-state index in [2.05, 4.69) is 23.2 Å². The Bertz CT molecular complexity index is 538. The van der Waals surface area contributed by atoms with Crippen LogP contribution in [0.3, 0.4) is 0 Å². The summed E-state index contributed by atoms with van der Waals surface area (Å²) in [5.41, 5.74) is 1.57. The highest BCUT2D eigenvalue weighted by Gasteiger charge is 2.30. The van der Waals surface area contributed by atoms with Crippen LogP contribution in [0.5, 0.6) is 0 Å². The van der Waals surface area contributed by atoms with Crippen LogP contribution in [0.25, 0.3) is 0 Å². The molecule has 1 aliphatic rings. The first-order chi connectivity index (χ1) is 9.72. The van der Waals surface area contributed by atoms with Gasteiger partial charge in [-0.1, -0.05) is 19.9 Å². The first-order valence-electron chi connectivity index (χ1n) is 6.93. The second-order valence-corrected chi connectivity index (χ2v) is 5.91. The van der Waals surface area contributed by atoms with Crippen molar-refractivity contribution >= 4 is 23.4 Å². The molecular formula is C15H19N3OS. The smallest absolute Gasteiger partial charge is 0.242 e. The average Bonchev–Trinajstić information content (AvgIpc) is 2.47. The highest BCUT2D eigenvalue weighted by atomic mass is 32.2. The van der Waals surface area contributed by atoms with E-state index >= 15 is 0 Å². The Kier molecular flexibility index (Phi) is 4.91. The van der Waals surface area contributed by atoms with Gasteiger partial charge < -0.3 is 10.2 Å². The number of carbonyl (C=O) groups excluding carboxylic acids is 1. The normalized spacial score (nSPS) is 18.6. The van der Waals surface area contributed by atoms with Crippen LogP contribution >= 0.6 is 11.8 Å². The van der Waals surface area contributed by atoms with Gasteiger partial charge in [-0.15, -0.1) is 11.8 Å². The Hall–Kier alpha value is -1.67. The lowest BCUT2D eigenvalue weighted by atomic mass is 10.1. The largest absolute Gasteiger partial charge is 0.357 e. The van der Waals surface area contributed by atoms with E-state index in [0.29, 0.717) is 12.1 Å². The van der Waals surface area contributed by atoms with Crippen LogP contribution in [0.15, 0.2) is 23.1 Å². The van der Waals surface area contributed by atoms with Gasteiger partial charge in [-0.05, 0) is 24.3 Å². The van der Waals surface area contributed by atoms with Crippen molar-refractivity contribution in [2.24, 2.45) is 0 Å². The maximum absolute atomic E-state index is 12.0. The fourth-order valence-corrected chi connectivity index (χ4v) is 3.34. The van der Waals surface area contributed by atoms with Gasteiger partial charge in [-0.2, -0.15) is 5.26 Å². The van der Waals surface area contributed by atoms with E-state index in [4.69, 9.17) is 0 Å². The second-order valence-electron chi connectivity index (χ2n) is 4.60. The molecule has 1 N–H and O–H groups in total. The van der Waals surface area contributed by atoms with Crippen LogP contribution in [0.2, 0.25) is 0 Å². The van der Waals surface area contributed by atoms with Crippen molar-refractivity contribution in [3.8, 4) is 6.07 Å². The van der Waals surface area contributed by atoms with Crippen molar-refractivity contribution in [1.29, 1.82) is 5.26 Å². The molecule has 1 fully saturated rings. The summed E-state index contributed by atoms with van der Waals surface area (Å²) in [5, 5.41) is 12.4. The number of benzene rings is 1. The maximum atomic E-state index is 12.0. The van der Waals surface area contributed by atoms with Crippen LogP contribution in [-0.2, 0) is 4.79 Å². The van der Waals surface area contributed by atoms with Crippen LogP contribution in [0, 0.1) is 11.3 Å². The molecule has 1 amide bonds. The zero-order valence-electron chi connectivity index (χ0n) is 11.8. The zero-order chi connectivity index (χ0) is 14.5. The van der Waals surface area contributed by atoms with Gasteiger partial charge in [0, 0.05) is 18.0 Å². The highest BCUT2D eigenvalue weighted by molar-refractivity contribution is 7.99. The number of amides is 1. The summed E-state index contributed by atoms with van der Waals surface area (Å²) in [4.78, 5) is 15.0. The number of rotatable bonds is 4. The number of piperazine rings is 1. The summed E-state index contributed by atoms with van der Waals surface area (Å²) in [5.74, 6) is 0.978. The van der Waals surface area contributed by atoms with Crippen LogP contribution in [-0.4, -0.2) is 30.8 Å². The predicted octanol–water partition coefficient (Wildman–Crippen LogP) is 2.39. The Morgan fingerprint density at radius 2 is 2.30 bits per heavy atom. The molecule has 1 heterocycles. The van der Waals surface area contributed by atoms with Crippen LogP contribution in [0.4, 0.5) is 5.69 Å². The number of carbonyl (C=O) groups is 1. The molecule has 1 aromatic rings. The first-order valence-corrected chi connectivity index (χ1v) is 7.91. The van der Waals surface area contributed by atoms with Crippen molar-refractivity contribution in [2.75, 3.05) is 23.7 Å². The Morgan fingerprint density at radius 1 is 1.50 bits per heavy atom. The summed E-state index contributed by atoms with van der Waals surface area (Å²) in [6.45, 7) is 5.45. The molecule has 0 spiro atoms. The number of thioether (sulfide) groups is 1. The van der Waals surface area contributed by atoms with Crippen molar-refractivity contribution in [3.05, 3.63) is 23.8 Å². The van der Waals surface area contributed by atoms with Gasteiger partial charge in [0.25, 0.3) is 0 Å². The highest BCUT2D eigenvalue weighted by Crippen LogP contribution is 2.32. The van der Waals surface area contributed by atoms with E-state index in [0.717, 1.165) is 29.3 Å². The lowest BCUT2D eigenvalue weighted by molar-refractivity contribution is -0.123. The summed E-state index contributed by atoms with van der Waals surface area (Å²) < 4.78 is 0. The molecular weight excluding hydrogens is 270 g/mol. The van der Waals surface area contributed by atoms with Gasteiger partial charge in [-0.25, -0.2) is 0 Å². The molecule has 0 bridgehead atoms. The van der Waals surface area contributed by atoms with E-state index in [1.165, 1.54) is 0 Å². The van der Waals surface area contributed by atoms with Gasteiger partial charge >= 0.3 is 0 Å². The third-order valence-corrected chi connectivity index (χ3v) is 4.38. The second kappa shape index (κ2) is 6.67. The van der Waals surface area contributed by atoms with E-state index < -0.39 is 0 Å². The number of hydrogen-bond acceptors (Lipinski definition) is 4. The van der Waals surface area contributed by atoms with E-state index in [1.54, 1.807) is 11.8 Å². The maximum Gasteiger partial charge on any atom is 0.242 e. The predicted molar refractivity (Wildman–Crippen MR) is 82.0 cm³/mol. The lowest BCUT2D eigenvalue weighted by Crippen LogP contribution is -2.55. The monoisotopic (exact) mass is 289 g/mol. The van der Waals surface area contributed by atoms with Gasteiger partial charge in [0.05, 0.1) is 11.3 Å². The molecule has 4 nitrogen and oxygen atoms in total. The molecule has 106 valence electrons. The molecule has 1 saturated heterocycles.